The summed E-state index contributed by atoms with van der Waals surface area (Å²) in [7, 11) is 7.18. The lowest BCUT2D eigenvalue weighted by Crippen LogP contribution is -2.59. The van der Waals surface area contributed by atoms with E-state index in [4.69, 9.17) is 33.2 Å². The van der Waals surface area contributed by atoms with Gasteiger partial charge in [-0.1, -0.05) is 45.0 Å². The molecule has 3 aromatic rings. The molecule has 19 atom stereocenters. The third-order valence-corrected chi connectivity index (χ3v) is 17.0. The second-order valence-corrected chi connectivity index (χ2v) is 22.8. The van der Waals surface area contributed by atoms with Crippen LogP contribution in [0.1, 0.15) is 132 Å². The largest absolute Gasteiger partial charge is 0.459 e. The zero-order valence-corrected chi connectivity index (χ0v) is 46.8. The van der Waals surface area contributed by atoms with E-state index in [0.29, 0.717) is 44.5 Å². The number of methoxy groups -OCH3 is 2. The standard InChI is InChI=1S/C55H90FN7O11/c1-16-45-55(11,67)37(6)38(7)61(13)31-33(2)28-53(9,66)51(35(4)48(36(5)52(65)72-45)73-47-29-54(10,69-15)50(64)39(8)71-47)74-46-27-43(26-34(3)70-46)60(12)25-22-41-32-63(59-58-41)44(30-56)49(68-14)40-18-20-42(21-19-40)62-24-17-23-57-62/h17-21,23-24,32-39,43-51,64,66-67H,16,22,25-31H2,1-15H3/t33-,34-,35+,36-,37-,38-,39+,43+,44-,45-,46+,47+,48+,49-,50+,51-,53-,54-,55+/m1/s1. The Balaban J connectivity index is 1.23. The number of carbonyl (C=O) groups excluding carboxylic acids is 1. The van der Waals surface area contributed by atoms with Gasteiger partial charge < -0.3 is 58.3 Å². The number of nitrogens with zero attached hydrogens (tertiary/aromatic N) is 7. The molecule has 2 aromatic heterocycles. The van der Waals surface area contributed by atoms with E-state index < -0.39 is 96.5 Å². The third-order valence-electron chi connectivity index (χ3n) is 17.0. The molecule has 3 fully saturated rings. The van der Waals surface area contributed by atoms with Crippen molar-refractivity contribution in [2.45, 2.75) is 205 Å². The number of esters is 1. The van der Waals surface area contributed by atoms with Crippen LogP contribution in [0.5, 0.6) is 0 Å². The number of halogens is 1. The zero-order chi connectivity index (χ0) is 54.4. The van der Waals surface area contributed by atoms with Gasteiger partial charge >= 0.3 is 5.97 Å². The number of aliphatic hydroxyl groups is 3. The Morgan fingerprint density at radius 1 is 0.973 bits per heavy atom. The molecule has 418 valence electrons. The number of benzene rings is 1. The summed E-state index contributed by atoms with van der Waals surface area (Å²) in [5.74, 6) is -2.51. The van der Waals surface area contributed by atoms with E-state index >= 15 is 0 Å². The lowest BCUT2D eigenvalue weighted by atomic mass is 9.77. The lowest BCUT2D eigenvalue weighted by Gasteiger charge is -2.48. The van der Waals surface area contributed by atoms with Gasteiger partial charge in [-0.25, -0.2) is 13.8 Å². The first-order valence-corrected chi connectivity index (χ1v) is 26.9. The maximum atomic E-state index is 14.9. The first-order valence-electron chi connectivity index (χ1n) is 26.9. The summed E-state index contributed by atoms with van der Waals surface area (Å²) in [4.78, 5) is 19.0. The lowest BCUT2D eigenvalue weighted by molar-refractivity contribution is -0.308. The van der Waals surface area contributed by atoms with Crippen LogP contribution in [-0.4, -0.2) is 182 Å². The average molecular weight is 1040 g/mol. The summed E-state index contributed by atoms with van der Waals surface area (Å²) in [6, 6.07) is 8.67. The van der Waals surface area contributed by atoms with Gasteiger partial charge in [-0.2, -0.15) is 5.10 Å². The number of aliphatic hydroxyl groups excluding tert-OH is 1. The number of ether oxygens (including phenoxy) is 7. The smallest absolute Gasteiger partial charge is 0.311 e. The van der Waals surface area contributed by atoms with Gasteiger partial charge in [0, 0.05) is 89.1 Å². The average Bonchev–Trinajstić information content (AvgIpc) is 4.08. The van der Waals surface area contributed by atoms with Crippen molar-refractivity contribution in [1.82, 2.24) is 34.6 Å². The molecule has 0 spiro atoms. The fraction of sp³-hybridized carbons (Fsp3) is 0.782. The normalized spacial score (nSPS) is 38.2. The summed E-state index contributed by atoms with van der Waals surface area (Å²) < 4.78 is 63.1. The van der Waals surface area contributed by atoms with Crippen molar-refractivity contribution < 1.29 is 57.7 Å². The zero-order valence-electron chi connectivity index (χ0n) is 46.8. The number of likely N-dealkylation sites (N-methyl/N-ethyl adjacent to an activating group) is 1. The van der Waals surface area contributed by atoms with Gasteiger partial charge in [0.05, 0.1) is 52.9 Å². The Labute approximate surface area is 439 Å². The van der Waals surface area contributed by atoms with E-state index in [1.54, 1.807) is 63.5 Å². The molecule has 0 saturated carbocycles. The Morgan fingerprint density at radius 2 is 1.68 bits per heavy atom. The molecule has 3 aliphatic rings. The van der Waals surface area contributed by atoms with Crippen molar-refractivity contribution in [3.63, 3.8) is 0 Å². The van der Waals surface area contributed by atoms with E-state index in [1.165, 1.54) is 7.11 Å². The highest BCUT2D eigenvalue weighted by Gasteiger charge is 2.52. The SMILES string of the molecule is CC[C@H]1OC(=O)[C@H](C)[C@@H](O[C@H]2C[C@@](C)(OC)[C@@H](O)[C@H](C)O2)[C@H](C)[C@@H](O[C@H]2C[C@@H](N(C)CCc3cn([C@H](CF)[C@H](OC)c4ccc(-n5cccn5)cc4)nn3)C[C@@H](C)O2)[C@](C)(O)C[C@@H](C)CN(C)[C@H](C)[C@@H](C)[C@]1(C)O. The number of aromatic nitrogens is 5. The third kappa shape index (κ3) is 13.8. The predicted molar refractivity (Wildman–Crippen MR) is 277 cm³/mol. The number of carbonyl (C=O) groups is 1. The Bertz CT molecular complexity index is 2180. The Kier molecular flexibility index (Phi) is 20.5. The minimum absolute atomic E-state index is 0.00789. The van der Waals surface area contributed by atoms with Crippen LogP contribution in [0.2, 0.25) is 0 Å². The van der Waals surface area contributed by atoms with E-state index in [1.807, 2.05) is 71.3 Å². The molecule has 18 nitrogen and oxygen atoms in total. The molecule has 3 aliphatic heterocycles. The second-order valence-electron chi connectivity index (χ2n) is 22.8. The van der Waals surface area contributed by atoms with E-state index in [9.17, 15) is 24.5 Å². The van der Waals surface area contributed by atoms with Crippen LogP contribution >= 0.6 is 0 Å². The van der Waals surface area contributed by atoms with Crippen molar-refractivity contribution in [3.8, 4) is 5.69 Å². The van der Waals surface area contributed by atoms with Gasteiger partial charge in [-0.05, 0) is 112 Å². The first-order chi connectivity index (χ1) is 34.9. The van der Waals surface area contributed by atoms with Crippen molar-refractivity contribution >= 4 is 5.97 Å². The van der Waals surface area contributed by atoms with Crippen LogP contribution in [0.4, 0.5) is 4.39 Å². The van der Waals surface area contributed by atoms with Crippen LogP contribution in [0, 0.1) is 23.7 Å². The number of cyclic esters (lactones) is 1. The number of alkyl halides is 1. The molecule has 6 rings (SSSR count). The monoisotopic (exact) mass is 1040 g/mol. The maximum absolute atomic E-state index is 14.9. The molecular formula is C55H90FN7O11. The molecule has 3 N–H and O–H groups in total. The summed E-state index contributed by atoms with van der Waals surface area (Å²) in [6.07, 6.45) is 1.17. The van der Waals surface area contributed by atoms with Gasteiger partial charge in [0.2, 0.25) is 0 Å². The van der Waals surface area contributed by atoms with Crippen LogP contribution in [0.25, 0.3) is 5.69 Å². The van der Waals surface area contributed by atoms with Crippen LogP contribution in [0.3, 0.4) is 0 Å². The highest BCUT2D eigenvalue weighted by atomic mass is 19.1. The molecule has 0 unspecified atom stereocenters. The molecule has 0 amide bonds. The fourth-order valence-corrected chi connectivity index (χ4v) is 12.0. The molecule has 1 aromatic carbocycles. The van der Waals surface area contributed by atoms with E-state index in [-0.39, 0.29) is 36.4 Å². The number of rotatable bonds is 16. The number of hydrogen-bond acceptors (Lipinski definition) is 16. The second kappa shape index (κ2) is 25.3. The molecule has 19 heteroatoms. The Hall–Kier alpha value is -3.47. The minimum atomic E-state index is -1.48. The van der Waals surface area contributed by atoms with Crippen LogP contribution < -0.4 is 0 Å². The Morgan fingerprint density at radius 3 is 2.30 bits per heavy atom. The van der Waals surface area contributed by atoms with Crippen LogP contribution in [-0.2, 0) is 44.4 Å². The molecule has 0 aliphatic carbocycles. The summed E-state index contributed by atoms with van der Waals surface area (Å²) >= 11 is 0. The van der Waals surface area contributed by atoms with Gasteiger partial charge in [-0.3, -0.25) is 4.79 Å². The fourth-order valence-electron chi connectivity index (χ4n) is 12.0. The van der Waals surface area contributed by atoms with Gasteiger partial charge in [0.1, 0.15) is 36.6 Å². The quantitative estimate of drug-likeness (QED) is 0.132. The van der Waals surface area contributed by atoms with E-state index in [2.05, 4.69) is 46.1 Å². The highest BCUT2D eigenvalue weighted by Crippen LogP contribution is 2.41. The maximum Gasteiger partial charge on any atom is 0.311 e. The van der Waals surface area contributed by atoms with Gasteiger partial charge in [0.25, 0.3) is 0 Å². The summed E-state index contributed by atoms with van der Waals surface area (Å²) in [5, 5.41) is 49.3. The molecule has 3 saturated heterocycles. The summed E-state index contributed by atoms with van der Waals surface area (Å²) in [5.41, 5.74) is -1.48. The van der Waals surface area contributed by atoms with Gasteiger partial charge in [0.15, 0.2) is 12.6 Å². The van der Waals surface area contributed by atoms with Crippen molar-refractivity contribution in [2.24, 2.45) is 23.7 Å². The molecule has 74 heavy (non-hydrogen) atoms. The van der Waals surface area contributed by atoms with E-state index in [0.717, 1.165) is 17.7 Å². The molecule has 0 radical (unpaired) electrons. The summed E-state index contributed by atoms with van der Waals surface area (Å²) in [6.45, 7) is 21.3. The van der Waals surface area contributed by atoms with Crippen molar-refractivity contribution in [1.29, 1.82) is 0 Å². The highest BCUT2D eigenvalue weighted by molar-refractivity contribution is 5.73. The topological polar surface area (TPSA) is 197 Å². The molecule has 0 bridgehead atoms. The predicted octanol–water partition coefficient (Wildman–Crippen LogP) is 6.49. The van der Waals surface area contributed by atoms with Crippen molar-refractivity contribution in [2.75, 3.05) is 48.1 Å². The molecule has 5 heterocycles. The van der Waals surface area contributed by atoms with Crippen LogP contribution in [0.15, 0.2) is 48.9 Å². The minimum Gasteiger partial charge on any atom is -0.459 e. The van der Waals surface area contributed by atoms with Gasteiger partial charge in [-0.15, -0.1) is 5.10 Å². The first kappa shape index (κ1) is 59.8. The molecular weight excluding hydrogens is 954 g/mol. The van der Waals surface area contributed by atoms with Crippen molar-refractivity contribution in [3.05, 3.63) is 60.2 Å². The number of hydrogen-bond donors (Lipinski definition) is 3.